The van der Waals surface area contributed by atoms with Gasteiger partial charge < -0.3 is 4.90 Å². The molecule has 8 nitrogen and oxygen atoms in total. The van der Waals surface area contributed by atoms with Crippen molar-refractivity contribution in [3.05, 3.63) is 35.8 Å². The van der Waals surface area contributed by atoms with Gasteiger partial charge in [-0.25, -0.2) is 18.4 Å². The monoisotopic (exact) mass is 418 g/mol. The van der Waals surface area contributed by atoms with Crippen molar-refractivity contribution in [2.75, 3.05) is 31.1 Å². The van der Waals surface area contributed by atoms with E-state index in [-0.39, 0.29) is 10.8 Å². The summed E-state index contributed by atoms with van der Waals surface area (Å²) in [5.74, 6) is 1.92. The van der Waals surface area contributed by atoms with Gasteiger partial charge in [0.1, 0.15) is 27.6 Å². The molecule has 0 aliphatic carbocycles. The van der Waals surface area contributed by atoms with Crippen LogP contribution in [0.15, 0.2) is 29.2 Å². The van der Waals surface area contributed by atoms with Gasteiger partial charge in [0, 0.05) is 43.9 Å². The zero-order valence-electron chi connectivity index (χ0n) is 16.0. The van der Waals surface area contributed by atoms with Crippen molar-refractivity contribution >= 4 is 38.6 Å². The van der Waals surface area contributed by atoms with Gasteiger partial charge in [0.15, 0.2) is 0 Å². The first-order valence-electron chi connectivity index (χ1n) is 9.18. The molecule has 4 rings (SSSR count). The summed E-state index contributed by atoms with van der Waals surface area (Å²) in [4.78, 5) is 11.5. The van der Waals surface area contributed by atoms with Gasteiger partial charge in [-0.3, -0.25) is 0 Å². The number of rotatable bonds is 4. The molecule has 1 aliphatic rings. The van der Waals surface area contributed by atoms with Crippen LogP contribution in [0.2, 0.25) is 0 Å². The molecule has 1 fully saturated rings. The van der Waals surface area contributed by atoms with Crippen molar-refractivity contribution < 1.29 is 8.42 Å². The number of sulfonamides is 1. The molecule has 148 valence electrons. The molecule has 0 spiro atoms. The second-order valence-corrected chi connectivity index (χ2v) is 9.59. The molecule has 1 aliphatic heterocycles. The number of hydrogen-bond acceptors (Lipinski definition) is 8. The summed E-state index contributed by atoms with van der Waals surface area (Å²) in [6.45, 7) is 8.05. The van der Waals surface area contributed by atoms with Crippen molar-refractivity contribution in [1.82, 2.24) is 23.0 Å². The topological polar surface area (TPSA) is 92.2 Å². The minimum atomic E-state index is -3.62. The lowest BCUT2D eigenvalue weighted by atomic mass is 10.2. The molecule has 0 atom stereocenters. The van der Waals surface area contributed by atoms with E-state index < -0.39 is 10.0 Å². The molecule has 0 unspecified atom stereocenters. The number of aromatic nitrogens is 4. The predicted octanol–water partition coefficient (Wildman–Crippen LogP) is 2.42. The molecule has 0 radical (unpaired) electrons. The van der Waals surface area contributed by atoms with Crippen molar-refractivity contribution in [2.45, 2.75) is 31.6 Å². The Bertz CT molecular complexity index is 1100. The van der Waals surface area contributed by atoms with Gasteiger partial charge >= 0.3 is 0 Å². The molecule has 3 heterocycles. The highest BCUT2D eigenvalue weighted by atomic mass is 32.2. The van der Waals surface area contributed by atoms with Crippen LogP contribution in [-0.2, 0) is 10.0 Å². The molecule has 10 heteroatoms. The zero-order chi connectivity index (χ0) is 19.9. The first-order valence-corrected chi connectivity index (χ1v) is 11.4. The lowest BCUT2D eigenvalue weighted by Gasteiger charge is -2.35. The summed E-state index contributed by atoms with van der Waals surface area (Å²) in [5.41, 5.74) is 1.98. The Morgan fingerprint density at radius 1 is 1.07 bits per heavy atom. The Kier molecular flexibility index (Phi) is 5.02. The fourth-order valence-corrected chi connectivity index (χ4v) is 5.46. The molecule has 1 saturated heterocycles. The first kappa shape index (κ1) is 19.2. The van der Waals surface area contributed by atoms with Gasteiger partial charge in [-0.1, -0.05) is 19.9 Å². The van der Waals surface area contributed by atoms with Crippen molar-refractivity contribution in [3.63, 3.8) is 0 Å². The van der Waals surface area contributed by atoms with Crippen molar-refractivity contribution in [1.29, 1.82) is 0 Å². The molecular formula is C18H22N6O2S2. The van der Waals surface area contributed by atoms with E-state index >= 15 is 0 Å². The molecule has 0 bridgehead atoms. The fourth-order valence-electron chi connectivity index (χ4n) is 3.28. The Hall–Kier alpha value is -2.17. The van der Waals surface area contributed by atoms with Gasteiger partial charge in [-0.15, -0.1) is 0 Å². The number of aryl methyl sites for hydroxylation is 1. The molecular weight excluding hydrogens is 396 g/mol. The summed E-state index contributed by atoms with van der Waals surface area (Å²) in [6.07, 6.45) is 0. The maximum absolute atomic E-state index is 13.2. The third-order valence-corrected chi connectivity index (χ3v) is 7.28. The van der Waals surface area contributed by atoms with E-state index in [2.05, 4.69) is 37.5 Å². The van der Waals surface area contributed by atoms with Crippen LogP contribution in [0.3, 0.4) is 0 Å². The van der Waals surface area contributed by atoms with E-state index in [0.717, 1.165) is 29.1 Å². The number of nitrogens with zero attached hydrogens (tertiary/aromatic N) is 6. The smallest absolute Gasteiger partial charge is 0.245 e. The van der Waals surface area contributed by atoms with Crippen LogP contribution in [0.1, 0.15) is 31.3 Å². The van der Waals surface area contributed by atoms with Crippen molar-refractivity contribution in [3.8, 4) is 0 Å². The average Bonchev–Trinajstić information content (AvgIpc) is 3.16. The zero-order valence-corrected chi connectivity index (χ0v) is 17.7. The lowest BCUT2D eigenvalue weighted by molar-refractivity contribution is 0.384. The quantitative estimate of drug-likeness (QED) is 0.642. The maximum Gasteiger partial charge on any atom is 0.245 e. The highest BCUT2D eigenvalue weighted by Gasteiger charge is 2.31. The molecule has 0 N–H and O–H groups in total. The highest BCUT2D eigenvalue weighted by molar-refractivity contribution is 7.89. The Labute approximate surface area is 168 Å². The van der Waals surface area contributed by atoms with Crippen LogP contribution in [-0.4, -0.2) is 57.6 Å². The molecule has 0 amide bonds. The van der Waals surface area contributed by atoms with E-state index in [4.69, 9.17) is 0 Å². The maximum atomic E-state index is 13.2. The van der Waals surface area contributed by atoms with Crippen molar-refractivity contribution in [2.24, 2.45) is 0 Å². The molecule has 28 heavy (non-hydrogen) atoms. The average molecular weight is 419 g/mol. The SMILES string of the molecule is Cc1cc(N2CCN(S(=O)(=O)c3cccc4nsnc34)CC2)nc(C(C)C)n1. The van der Waals surface area contributed by atoms with E-state index in [1.54, 1.807) is 18.2 Å². The molecule has 1 aromatic carbocycles. The largest absolute Gasteiger partial charge is 0.354 e. The van der Waals surface area contributed by atoms with Gasteiger partial charge in [0.2, 0.25) is 10.0 Å². The second-order valence-electron chi connectivity index (χ2n) is 7.16. The number of hydrogen-bond donors (Lipinski definition) is 0. The third-order valence-electron chi connectivity index (χ3n) is 4.80. The van der Waals surface area contributed by atoms with Crippen LogP contribution in [0.25, 0.3) is 11.0 Å². The molecule has 0 saturated carbocycles. The van der Waals surface area contributed by atoms with Gasteiger partial charge in [-0.05, 0) is 19.1 Å². The Morgan fingerprint density at radius 2 is 1.82 bits per heavy atom. The van der Waals surface area contributed by atoms with Crippen LogP contribution in [0, 0.1) is 6.92 Å². The minimum absolute atomic E-state index is 0.229. The standard InChI is InChI=1S/C18H22N6O2S2/c1-12(2)18-19-13(3)11-16(20-18)23-7-9-24(10-8-23)28(25,26)15-6-4-5-14-17(15)22-27-21-14/h4-6,11-12H,7-10H2,1-3H3. The second kappa shape index (κ2) is 7.34. The highest BCUT2D eigenvalue weighted by Crippen LogP contribution is 2.26. The van der Waals surface area contributed by atoms with Crippen LogP contribution in [0.4, 0.5) is 5.82 Å². The normalized spacial score (nSPS) is 16.2. The van der Waals surface area contributed by atoms with E-state index in [1.165, 1.54) is 4.31 Å². The Balaban J connectivity index is 1.55. The summed E-state index contributed by atoms with van der Waals surface area (Å²) in [6, 6.07) is 7.05. The number of piperazine rings is 1. The van der Waals surface area contributed by atoms with Crippen LogP contribution >= 0.6 is 11.7 Å². The molecule has 3 aromatic rings. The Morgan fingerprint density at radius 3 is 2.54 bits per heavy atom. The van der Waals surface area contributed by atoms with Crippen LogP contribution in [0.5, 0.6) is 0 Å². The summed E-state index contributed by atoms with van der Waals surface area (Å²) in [7, 11) is -3.62. The number of anilines is 1. The van der Waals surface area contributed by atoms with E-state index in [0.29, 0.717) is 37.2 Å². The predicted molar refractivity (Wildman–Crippen MR) is 109 cm³/mol. The van der Waals surface area contributed by atoms with Gasteiger partial charge in [0.25, 0.3) is 0 Å². The fraction of sp³-hybridized carbons (Fsp3) is 0.444. The van der Waals surface area contributed by atoms with Gasteiger partial charge in [0.05, 0.1) is 11.7 Å². The van der Waals surface area contributed by atoms with E-state index in [9.17, 15) is 8.42 Å². The third kappa shape index (κ3) is 3.47. The minimum Gasteiger partial charge on any atom is -0.354 e. The number of benzene rings is 1. The first-order chi connectivity index (χ1) is 13.4. The molecule has 2 aromatic heterocycles. The summed E-state index contributed by atoms with van der Waals surface area (Å²) >= 11 is 1.03. The summed E-state index contributed by atoms with van der Waals surface area (Å²) < 4.78 is 36.2. The number of fused-ring (bicyclic) bond motifs is 1. The summed E-state index contributed by atoms with van der Waals surface area (Å²) in [5, 5.41) is 0. The van der Waals surface area contributed by atoms with Gasteiger partial charge in [-0.2, -0.15) is 13.1 Å². The van der Waals surface area contributed by atoms with E-state index in [1.807, 2.05) is 13.0 Å². The lowest BCUT2D eigenvalue weighted by Crippen LogP contribution is -2.49. The van der Waals surface area contributed by atoms with Crippen LogP contribution < -0.4 is 4.90 Å².